The molecule has 2 aliphatic carbocycles. The van der Waals surface area contributed by atoms with Crippen molar-refractivity contribution in [2.45, 2.75) is 114 Å². The first-order chi connectivity index (χ1) is 24.0. The number of nitrogens with one attached hydrogen (secondary N) is 2. The fourth-order valence-electron chi connectivity index (χ4n) is 6.72. The third-order valence-electron chi connectivity index (χ3n) is 9.51. The lowest BCUT2D eigenvalue weighted by atomic mass is 9.92. The fraction of sp³-hybridized carbons (Fsp3) is 0.588. The van der Waals surface area contributed by atoms with Crippen LogP contribution in [0.5, 0.6) is 0 Å². The second-order valence-electron chi connectivity index (χ2n) is 13.6. The lowest BCUT2D eigenvalue weighted by molar-refractivity contribution is -0.0574. The Bertz CT molecular complexity index is 1770. The van der Waals surface area contributed by atoms with Gasteiger partial charge in [-0.15, -0.1) is 11.3 Å². The molecular formula is C34H41F4N9O2S. The van der Waals surface area contributed by atoms with Gasteiger partial charge in [-0.2, -0.15) is 10.1 Å². The number of thiazole rings is 1. The highest BCUT2D eigenvalue weighted by molar-refractivity contribution is 7.13. The van der Waals surface area contributed by atoms with Crippen molar-refractivity contribution in [3.63, 3.8) is 0 Å². The van der Waals surface area contributed by atoms with Crippen LogP contribution in [0.1, 0.15) is 86.5 Å². The van der Waals surface area contributed by atoms with E-state index < -0.39 is 11.8 Å². The fourth-order valence-corrected chi connectivity index (χ4v) is 7.44. The van der Waals surface area contributed by atoms with E-state index in [-0.39, 0.29) is 56.4 Å². The van der Waals surface area contributed by atoms with Crippen LogP contribution < -0.4 is 10.6 Å². The molecule has 268 valence electrons. The number of hydrogen-bond acceptors (Lipinski definition) is 11. The number of alkyl halides is 4. The number of ether oxygens (including phenoxy) is 2. The molecule has 1 saturated heterocycles. The number of aryl methyl sites for hydroxylation is 2. The van der Waals surface area contributed by atoms with E-state index in [0.717, 1.165) is 11.4 Å². The summed E-state index contributed by atoms with van der Waals surface area (Å²) in [6.45, 7) is 4.81. The van der Waals surface area contributed by atoms with Crippen LogP contribution in [0, 0.1) is 13.8 Å². The van der Waals surface area contributed by atoms with E-state index in [1.165, 1.54) is 11.3 Å². The Morgan fingerprint density at radius 2 is 1.54 bits per heavy atom. The van der Waals surface area contributed by atoms with Gasteiger partial charge in [0.2, 0.25) is 11.8 Å². The van der Waals surface area contributed by atoms with Crippen molar-refractivity contribution in [3.05, 3.63) is 52.6 Å². The summed E-state index contributed by atoms with van der Waals surface area (Å²) in [4.78, 5) is 23.6. The molecule has 0 bridgehead atoms. The van der Waals surface area contributed by atoms with Crippen LogP contribution in [-0.4, -0.2) is 77.9 Å². The summed E-state index contributed by atoms with van der Waals surface area (Å²) in [7, 11) is 0. The number of halogens is 4. The van der Waals surface area contributed by atoms with Gasteiger partial charge < -0.3 is 20.1 Å². The Kier molecular flexibility index (Phi) is 10.0. The van der Waals surface area contributed by atoms with Gasteiger partial charge in [-0.25, -0.2) is 42.2 Å². The molecule has 1 aliphatic heterocycles. The van der Waals surface area contributed by atoms with Crippen molar-refractivity contribution >= 4 is 23.0 Å². The van der Waals surface area contributed by atoms with Gasteiger partial charge in [-0.1, -0.05) is 0 Å². The van der Waals surface area contributed by atoms with Crippen molar-refractivity contribution < 1.29 is 27.0 Å². The van der Waals surface area contributed by atoms with Gasteiger partial charge in [0.25, 0.3) is 5.95 Å². The third kappa shape index (κ3) is 8.57. The zero-order valence-corrected chi connectivity index (χ0v) is 28.9. The molecule has 11 nitrogen and oxygen atoms in total. The zero-order valence-electron chi connectivity index (χ0n) is 28.0. The number of hydrogen-bond donors (Lipinski definition) is 2. The maximum absolute atomic E-state index is 13.9. The molecule has 3 fully saturated rings. The maximum Gasteiger partial charge on any atom is 0.252 e. The van der Waals surface area contributed by atoms with E-state index in [0.29, 0.717) is 85.1 Å². The monoisotopic (exact) mass is 715 g/mol. The van der Waals surface area contributed by atoms with Crippen molar-refractivity contribution in [1.29, 1.82) is 0 Å². The Balaban J connectivity index is 1.12. The molecule has 2 N–H and O–H groups in total. The van der Waals surface area contributed by atoms with Gasteiger partial charge in [-0.05, 0) is 52.0 Å². The van der Waals surface area contributed by atoms with Crippen LogP contribution in [0.4, 0.5) is 29.2 Å². The maximum atomic E-state index is 13.9. The summed E-state index contributed by atoms with van der Waals surface area (Å²) in [5.74, 6) is -3.63. The summed E-state index contributed by atoms with van der Waals surface area (Å²) in [6, 6.07) is 5.26. The highest BCUT2D eigenvalue weighted by Gasteiger charge is 2.37. The average Bonchev–Trinajstić information content (AvgIpc) is 3.74. The van der Waals surface area contributed by atoms with Crippen molar-refractivity contribution in [3.8, 4) is 16.8 Å². The number of rotatable bonds is 10. The molecule has 2 saturated carbocycles. The van der Waals surface area contributed by atoms with Gasteiger partial charge in [0.1, 0.15) is 11.6 Å². The first kappa shape index (κ1) is 34.7. The largest absolute Gasteiger partial charge is 0.381 e. The summed E-state index contributed by atoms with van der Waals surface area (Å²) < 4.78 is 69.5. The van der Waals surface area contributed by atoms with Crippen molar-refractivity contribution in [2.24, 2.45) is 0 Å². The minimum absolute atomic E-state index is 0.123. The summed E-state index contributed by atoms with van der Waals surface area (Å²) in [6.07, 6.45) is 2.83. The van der Waals surface area contributed by atoms with Crippen LogP contribution in [0.3, 0.4) is 0 Å². The van der Waals surface area contributed by atoms with Crippen LogP contribution >= 0.6 is 11.3 Å². The molecule has 2 unspecified atom stereocenters. The van der Waals surface area contributed by atoms with Gasteiger partial charge in [0.05, 0.1) is 42.3 Å². The first-order valence-corrected chi connectivity index (χ1v) is 18.1. The van der Waals surface area contributed by atoms with Gasteiger partial charge in [0.15, 0.2) is 10.8 Å². The lowest BCUT2D eigenvalue weighted by Gasteiger charge is -2.32. The molecule has 5 heterocycles. The standard InChI is InChI=1S/C34H41F4N9O2S/c1-20-7-13-47(46-20)32-43-26(16-29(45-32)41-23-5-11-34(37,38)12-6-23)25-18-48-14-8-27(25)49-17-24-15-28(40-22-3-9-33(35,36)10-4-22)44-30(42-24)31-39-21(2)19-50-31/h7,13,15-16,19,22-23,25,27H,3-6,8-12,14,17-18H2,1-2H3,(H,40,42,44)(H,41,43,45). The van der Waals surface area contributed by atoms with Crippen molar-refractivity contribution in [1.82, 2.24) is 34.7 Å². The minimum atomic E-state index is -2.63. The molecule has 7 rings (SSSR count). The van der Waals surface area contributed by atoms with E-state index in [9.17, 15) is 17.6 Å². The molecule has 4 aromatic heterocycles. The second kappa shape index (κ2) is 14.5. The van der Waals surface area contributed by atoms with E-state index in [2.05, 4.69) is 20.7 Å². The van der Waals surface area contributed by atoms with Crippen LogP contribution in [0.2, 0.25) is 0 Å². The highest BCUT2D eigenvalue weighted by Crippen LogP contribution is 2.36. The summed E-state index contributed by atoms with van der Waals surface area (Å²) >= 11 is 1.44. The summed E-state index contributed by atoms with van der Waals surface area (Å²) in [5, 5.41) is 13.8. The topological polar surface area (TPSA) is 125 Å². The average molecular weight is 716 g/mol. The van der Waals surface area contributed by atoms with Gasteiger partial charge in [-0.3, -0.25) is 0 Å². The predicted molar refractivity (Wildman–Crippen MR) is 180 cm³/mol. The quantitative estimate of drug-likeness (QED) is 0.162. The highest BCUT2D eigenvalue weighted by atomic mass is 32.1. The second-order valence-corrected chi connectivity index (χ2v) is 14.5. The predicted octanol–water partition coefficient (Wildman–Crippen LogP) is 7.26. The Hall–Kier alpha value is -3.76. The molecule has 16 heteroatoms. The first-order valence-electron chi connectivity index (χ1n) is 17.2. The summed E-state index contributed by atoms with van der Waals surface area (Å²) in [5.41, 5.74) is 2.98. The number of anilines is 2. The van der Waals surface area contributed by atoms with Gasteiger partial charge in [0, 0.05) is 73.8 Å². The molecule has 50 heavy (non-hydrogen) atoms. The molecule has 4 aromatic rings. The molecule has 2 atom stereocenters. The van der Waals surface area contributed by atoms with E-state index >= 15 is 0 Å². The molecular weight excluding hydrogens is 674 g/mol. The molecule has 3 aliphatic rings. The molecule has 0 spiro atoms. The normalized spacial score (nSPS) is 22.8. The SMILES string of the molecule is Cc1csc(-c2nc(COC3CCOCC3c3cc(NC4CCC(F)(F)CC4)nc(-n4ccc(C)n4)n3)cc(NC3CCC(F)(F)CC3)n2)n1. The van der Waals surface area contributed by atoms with Gasteiger partial charge >= 0.3 is 0 Å². The van der Waals surface area contributed by atoms with E-state index in [1.54, 1.807) is 10.9 Å². The lowest BCUT2D eigenvalue weighted by Crippen LogP contribution is -2.34. The Labute approximate surface area is 291 Å². The third-order valence-corrected chi connectivity index (χ3v) is 10.5. The zero-order chi connectivity index (χ0) is 34.9. The Morgan fingerprint density at radius 1 is 0.860 bits per heavy atom. The van der Waals surface area contributed by atoms with E-state index in [1.807, 2.05) is 37.4 Å². The van der Waals surface area contributed by atoms with Crippen LogP contribution in [-0.2, 0) is 16.1 Å². The minimum Gasteiger partial charge on any atom is -0.381 e. The smallest absolute Gasteiger partial charge is 0.252 e. The molecule has 0 radical (unpaired) electrons. The van der Waals surface area contributed by atoms with Crippen molar-refractivity contribution in [2.75, 3.05) is 23.8 Å². The number of aromatic nitrogens is 7. The number of nitrogens with zero attached hydrogens (tertiary/aromatic N) is 7. The Morgan fingerprint density at radius 3 is 2.16 bits per heavy atom. The molecule has 0 aromatic carbocycles. The van der Waals surface area contributed by atoms with Crippen LogP contribution in [0.25, 0.3) is 16.8 Å². The van der Waals surface area contributed by atoms with E-state index in [4.69, 9.17) is 29.4 Å². The molecule has 0 amide bonds. The van der Waals surface area contributed by atoms with Crippen LogP contribution in [0.15, 0.2) is 29.8 Å².